The van der Waals surface area contributed by atoms with E-state index in [2.05, 4.69) is 20.8 Å². The highest BCUT2D eigenvalue weighted by Gasteiger charge is 2.26. The average Bonchev–Trinajstić information content (AvgIpc) is 3.21. The standard InChI is InChI=1S/C20H17N5O3S/c1-12-23-24-20(25(12)14-5-3-2-4-6-14)29-10-9-17(26)21-13-7-8-15-16(11-13)19(28)22-18(15)27/h2-8,11H,9-10H2,1H3,(H,21,26)(H,22,27,28). The fraction of sp³-hybridized carbons (Fsp3) is 0.150. The molecule has 9 heteroatoms. The first-order chi connectivity index (χ1) is 14.0. The molecule has 0 saturated heterocycles. The Balaban J connectivity index is 1.37. The molecule has 2 aromatic carbocycles. The zero-order chi connectivity index (χ0) is 20.4. The Labute approximate surface area is 170 Å². The molecule has 0 unspecified atom stereocenters. The van der Waals surface area contributed by atoms with Gasteiger partial charge in [0.2, 0.25) is 5.91 Å². The zero-order valence-electron chi connectivity index (χ0n) is 15.5. The van der Waals surface area contributed by atoms with Crippen molar-refractivity contribution in [1.82, 2.24) is 20.1 Å². The quantitative estimate of drug-likeness (QED) is 0.481. The minimum absolute atomic E-state index is 0.190. The number of nitrogens with zero attached hydrogens (tertiary/aromatic N) is 3. The van der Waals surface area contributed by atoms with E-state index in [0.717, 1.165) is 11.5 Å². The first kappa shape index (κ1) is 18.9. The van der Waals surface area contributed by atoms with Crippen LogP contribution in [0.5, 0.6) is 0 Å². The first-order valence-electron chi connectivity index (χ1n) is 8.93. The minimum atomic E-state index is -0.452. The molecule has 1 aliphatic heterocycles. The fourth-order valence-electron chi connectivity index (χ4n) is 3.01. The molecule has 8 nitrogen and oxygen atoms in total. The van der Waals surface area contributed by atoms with E-state index in [9.17, 15) is 14.4 Å². The van der Waals surface area contributed by atoms with E-state index in [1.807, 2.05) is 41.8 Å². The highest BCUT2D eigenvalue weighted by Crippen LogP contribution is 2.23. The van der Waals surface area contributed by atoms with Crippen LogP contribution in [0, 0.1) is 6.92 Å². The van der Waals surface area contributed by atoms with Crippen LogP contribution in [-0.2, 0) is 4.79 Å². The van der Waals surface area contributed by atoms with Gasteiger partial charge in [-0.1, -0.05) is 30.0 Å². The van der Waals surface area contributed by atoms with Crippen molar-refractivity contribution in [1.29, 1.82) is 0 Å². The van der Waals surface area contributed by atoms with Gasteiger partial charge < -0.3 is 5.32 Å². The van der Waals surface area contributed by atoms with Gasteiger partial charge in [0, 0.05) is 23.5 Å². The fourth-order valence-corrected chi connectivity index (χ4v) is 3.95. The Kier molecular flexibility index (Phi) is 5.13. The van der Waals surface area contributed by atoms with Gasteiger partial charge in [-0.25, -0.2) is 0 Å². The molecule has 3 amide bonds. The SMILES string of the molecule is Cc1nnc(SCCC(=O)Nc2ccc3c(c2)C(=O)NC3=O)n1-c1ccccc1. The number of imide groups is 1. The summed E-state index contributed by atoms with van der Waals surface area (Å²) in [5, 5.41) is 14.0. The van der Waals surface area contributed by atoms with Crippen molar-refractivity contribution in [2.45, 2.75) is 18.5 Å². The third-order valence-corrected chi connectivity index (χ3v) is 5.32. The zero-order valence-corrected chi connectivity index (χ0v) is 16.3. The second-order valence-electron chi connectivity index (χ2n) is 6.39. The number of amides is 3. The van der Waals surface area contributed by atoms with Crippen LogP contribution in [0.2, 0.25) is 0 Å². The second kappa shape index (κ2) is 7.88. The lowest BCUT2D eigenvalue weighted by Gasteiger charge is -2.08. The minimum Gasteiger partial charge on any atom is -0.326 e. The molecule has 3 aromatic rings. The Morgan fingerprint density at radius 2 is 1.83 bits per heavy atom. The number of carbonyl (C=O) groups is 3. The van der Waals surface area contributed by atoms with E-state index in [1.165, 1.54) is 23.9 Å². The summed E-state index contributed by atoms with van der Waals surface area (Å²) in [4.78, 5) is 35.6. The molecule has 0 radical (unpaired) electrons. The predicted octanol–water partition coefficient (Wildman–Crippen LogP) is 2.58. The molecule has 0 fully saturated rings. The molecular weight excluding hydrogens is 390 g/mol. The van der Waals surface area contributed by atoms with E-state index >= 15 is 0 Å². The van der Waals surface area contributed by atoms with Gasteiger partial charge in [-0.15, -0.1) is 10.2 Å². The van der Waals surface area contributed by atoms with Gasteiger partial charge in [0.1, 0.15) is 5.82 Å². The van der Waals surface area contributed by atoms with Crippen molar-refractivity contribution < 1.29 is 14.4 Å². The lowest BCUT2D eigenvalue weighted by molar-refractivity contribution is -0.115. The summed E-state index contributed by atoms with van der Waals surface area (Å²) < 4.78 is 1.94. The normalized spacial score (nSPS) is 12.6. The maximum Gasteiger partial charge on any atom is 0.259 e. The van der Waals surface area contributed by atoms with E-state index in [4.69, 9.17) is 0 Å². The molecule has 4 rings (SSSR count). The summed E-state index contributed by atoms with van der Waals surface area (Å²) in [6, 6.07) is 14.4. The van der Waals surface area contributed by atoms with Crippen LogP contribution in [-0.4, -0.2) is 38.2 Å². The number of hydrogen-bond donors (Lipinski definition) is 2. The van der Waals surface area contributed by atoms with Crippen molar-refractivity contribution >= 4 is 35.2 Å². The Morgan fingerprint density at radius 1 is 1.07 bits per heavy atom. The van der Waals surface area contributed by atoms with E-state index in [0.29, 0.717) is 22.2 Å². The summed E-state index contributed by atoms with van der Waals surface area (Å²) in [7, 11) is 0. The number of aryl methyl sites for hydroxylation is 1. The van der Waals surface area contributed by atoms with Crippen molar-refractivity contribution in [3.05, 3.63) is 65.5 Å². The van der Waals surface area contributed by atoms with Crippen LogP contribution >= 0.6 is 11.8 Å². The van der Waals surface area contributed by atoms with Crippen LogP contribution in [0.4, 0.5) is 5.69 Å². The number of aromatic nitrogens is 3. The van der Waals surface area contributed by atoms with Gasteiger partial charge in [0.05, 0.1) is 11.1 Å². The summed E-state index contributed by atoms with van der Waals surface area (Å²) in [6.45, 7) is 1.88. The molecule has 2 N–H and O–H groups in total. The summed E-state index contributed by atoms with van der Waals surface area (Å²) >= 11 is 1.44. The van der Waals surface area contributed by atoms with E-state index < -0.39 is 11.8 Å². The van der Waals surface area contributed by atoms with Crippen LogP contribution in [0.25, 0.3) is 5.69 Å². The van der Waals surface area contributed by atoms with Gasteiger partial charge in [0.25, 0.3) is 11.8 Å². The molecular formula is C20H17N5O3S. The summed E-state index contributed by atoms with van der Waals surface area (Å²) in [6.07, 6.45) is 0.258. The predicted molar refractivity (Wildman–Crippen MR) is 108 cm³/mol. The summed E-state index contributed by atoms with van der Waals surface area (Å²) in [5.74, 6) is 0.226. The molecule has 0 atom stereocenters. The number of anilines is 1. The highest BCUT2D eigenvalue weighted by molar-refractivity contribution is 7.99. The van der Waals surface area contributed by atoms with E-state index in [1.54, 1.807) is 6.07 Å². The van der Waals surface area contributed by atoms with Gasteiger partial charge in [-0.05, 0) is 37.3 Å². The summed E-state index contributed by atoms with van der Waals surface area (Å²) in [5.41, 5.74) is 2.03. The third kappa shape index (κ3) is 3.90. The topological polar surface area (TPSA) is 106 Å². The molecule has 0 bridgehead atoms. The number of carbonyl (C=O) groups excluding carboxylic acids is 3. The Bertz CT molecular complexity index is 1110. The number of rotatable bonds is 6. The van der Waals surface area contributed by atoms with Crippen LogP contribution in [0.3, 0.4) is 0 Å². The van der Waals surface area contributed by atoms with Crippen LogP contribution < -0.4 is 10.6 Å². The average molecular weight is 407 g/mol. The van der Waals surface area contributed by atoms with Gasteiger partial charge in [0.15, 0.2) is 5.16 Å². The first-order valence-corrected chi connectivity index (χ1v) is 9.91. The lowest BCUT2D eigenvalue weighted by atomic mass is 10.1. The third-order valence-electron chi connectivity index (χ3n) is 4.39. The second-order valence-corrected chi connectivity index (χ2v) is 7.45. The Hall–Kier alpha value is -3.46. The molecule has 1 aliphatic rings. The van der Waals surface area contributed by atoms with Gasteiger partial charge in [-0.2, -0.15) is 0 Å². The lowest BCUT2D eigenvalue weighted by Crippen LogP contribution is -2.19. The number of benzene rings is 2. The molecule has 0 saturated carbocycles. The monoisotopic (exact) mass is 407 g/mol. The van der Waals surface area contributed by atoms with E-state index in [-0.39, 0.29) is 17.9 Å². The number of para-hydroxylation sites is 1. The maximum absolute atomic E-state index is 12.3. The number of hydrogen-bond acceptors (Lipinski definition) is 6. The molecule has 0 spiro atoms. The number of nitrogens with one attached hydrogen (secondary N) is 2. The number of thioether (sulfide) groups is 1. The number of fused-ring (bicyclic) bond motifs is 1. The van der Waals surface area contributed by atoms with Crippen molar-refractivity contribution in [2.75, 3.05) is 11.1 Å². The largest absolute Gasteiger partial charge is 0.326 e. The molecule has 1 aromatic heterocycles. The van der Waals surface area contributed by atoms with Crippen molar-refractivity contribution in [3.8, 4) is 5.69 Å². The molecule has 0 aliphatic carbocycles. The Morgan fingerprint density at radius 3 is 2.62 bits per heavy atom. The van der Waals surface area contributed by atoms with Gasteiger partial charge >= 0.3 is 0 Å². The van der Waals surface area contributed by atoms with Crippen molar-refractivity contribution in [3.63, 3.8) is 0 Å². The molecule has 29 heavy (non-hydrogen) atoms. The smallest absolute Gasteiger partial charge is 0.259 e. The maximum atomic E-state index is 12.3. The highest BCUT2D eigenvalue weighted by atomic mass is 32.2. The van der Waals surface area contributed by atoms with Crippen LogP contribution in [0.1, 0.15) is 33.0 Å². The van der Waals surface area contributed by atoms with Crippen LogP contribution in [0.15, 0.2) is 53.7 Å². The van der Waals surface area contributed by atoms with Gasteiger partial charge in [-0.3, -0.25) is 24.3 Å². The molecule has 2 heterocycles. The molecule has 146 valence electrons. The van der Waals surface area contributed by atoms with Crippen molar-refractivity contribution in [2.24, 2.45) is 0 Å².